The Morgan fingerprint density at radius 3 is 3.00 bits per heavy atom. The average molecular weight is 233 g/mol. The van der Waals surface area contributed by atoms with Crippen LogP contribution in [0.4, 0.5) is 0 Å². The maximum absolute atomic E-state index is 11.1. The van der Waals surface area contributed by atoms with Gasteiger partial charge in [0.2, 0.25) is 0 Å². The van der Waals surface area contributed by atoms with Crippen molar-refractivity contribution in [1.29, 1.82) is 0 Å². The molecular weight excluding hydrogens is 218 g/mol. The van der Waals surface area contributed by atoms with E-state index < -0.39 is 5.76 Å². The zero-order valence-electron chi connectivity index (χ0n) is 9.67. The second-order valence-electron chi connectivity index (χ2n) is 4.66. The molecule has 0 radical (unpaired) electrons. The van der Waals surface area contributed by atoms with Gasteiger partial charge in [0.15, 0.2) is 5.58 Å². The number of aromatic amines is 1. The van der Waals surface area contributed by atoms with Crippen molar-refractivity contribution >= 4 is 11.1 Å². The van der Waals surface area contributed by atoms with Crippen LogP contribution < -0.4 is 16.4 Å². The minimum absolute atomic E-state index is 0.0966. The Morgan fingerprint density at radius 2 is 2.24 bits per heavy atom. The summed E-state index contributed by atoms with van der Waals surface area (Å²) < 4.78 is 5.00. The number of benzene rings is 1. The highest BCUT2D eigenvalue weighted by atomic mass is 16.4. The molecule has 0 bridgehead atoms. The molecule has 0 aliphatic carbocycles. The smallest absolute Gasteiger partial charge is 0.408 e. The van der Waals surface area contributed by atoms with Crippen molar-refractivity contribution in [2.45, 2.75) is 12.5 Å². The largest absolute Gasteiger partial charge is 0.417 e. The van der Waals surface area contributed by atoms with Gasteiger partial charge in [-0.05, 0) is 24.6 Å². The molecule has 0 amide bonds. The number of piperazine rings is 1. The molecule has 1 aromatic heterocycles. The average Bonchev–Trinajstić information content (AvgIpc) is 2.69. The van der Waals surface area contributed by atoms with Crippen LogP contribution in [0.5, 0.6) is 0 Å². The van der Waals surface area contributed by atoms with Crippen LogP contribution in [0.15, 0.2) is 27.4 Å². The third-order valence-corrected chi connectivity index (χ3v) is 3.35. The van der Waals surface area contributed by atoms with E-state index in [0.29, 0.717) is 5.58 Å². The summed E-state index contributed by atoms with van der Waals surface area (Å²) >= 11 is 0. The highest BCUT2D eigenvalue weighted by Gasteiger charge is 2.28. The van der Waals surface area contributed by atoms with E-state index in [1.807, 2.05) is 18.2 Å². The van der Waals surface area contributed by atoms with Gasteiger partial charge >= 0.3 is 5.76 Å². The number of nitrogens with one attached hydrogen (secondary N) is 3. The minimum atomic E-state index is -0.406. The topological polar surface area (TPSA) is 70.1 Å². The van der Waals surface area contributed by atoms with Gasteiger partial charge in [-0.3, -0.25) is 4.98 Å². The van der Waals surface area contributed by atoms with E-state index in [0.717, 1.165) is 30.7 Å². The van der Waals surface area contributed by atoms with Gasteiger partial charge in [0.05, 0.1) is 11.1 Å². The first-order chi connectivity index (χ1) is 8.17. The molecule has 2 heterocycles. The third kappa shape index (κ3) is 1.77. The van der Waals surface area contributed by atoms with Crippen LogP contribution in [0, 0.1) is 0 Å². The standard InChI is InChI=1S/C12H15N3O2/c1-12(7-13-4-5-14-12)8-2-3-10-9(6-8)15-11(16)17-10/h2-3,6,13-14H,4-5,7H2,1H3,(H,15,16). The van der Waals surface area contributed by atoms with Gasteiger partial charge in [-0.25, -0.2) is 4.79 Å². The molecule has 90 valence electrons. The summed E-state index contributed by atoms with van der Waals surface area (Å²) in [5, 5.41) is 6.87. The Balaban J connectivity index is 2.07. The van der Waals surface area contributed by atoms with Crippen molar-refractivity contribution in [3.8, 4) is 0 Å². The van der Waals surface area contributed by atoms with Crippen LogP contribution in [-0.4, -0.2) is 24.6 Å². The van der Waals surface area contributed by atoms with Crippen LogP contribution in [0.3, 0.4) is 0 Å². The maximum atomic E-state index is 11.1. The van der Waals surface area contributed by atoms with E-state index >= 15 is 0 Å². The van der Waals surface area contributed by atoms with Crippen molar-refractivity contribution < 1.29 is 4.42 Å². The van der Waals surface area contributed by atoms with E-state index in [9.17, 15) is 4.79 Å². The van der Waals surface area contributed by atoms with Gasteiger partial charge in [0.25, 0.3) is 0 Å². The normalized spacial score (nSPS) is 25.2. The van der Waals surface area contributed by atoms with Crippen molar-refractivity contribution in [1.82, 2.24) is 15.6 Å². The quantitative estimate of drug-likeness (QED) is 0.672. The van der Waals surface area contributed by atoms with E-state index in [-0.39, 0.29) is 5.54 Å². The monoisotopic (exact) mass is 233 g/mol. The molecule has 1 aromatic carbocycles. The van der Waals surface area contributed by atoms with E-state index in [2.05, 4.69) is 22.5 Å². The van der Waals surface area contributed by atoms with E-state index in [1.165, 1.54) is 0 Å². The molecule has 2 aromatic rings. The summed E-state index contributed by atoms with van der Waals surface area (Å²) in [4.78, 5) is 13.8. The number of aromatic nitrogens is 1. The molecule has 1 fully saturated rings. The number of H-pyrrole nitrogens is 1. The molecule has 3 N–H and O–H groups in total. The highest BCUT2D eigenvalue weighted by Crippen LogP contribution is 2.24. The van der Waals surface area contributed by atoms with E-state index in [4.69, 9.17) is 4.42 Å². The SMILES string of the molecule is CC1(c2ccc3oc(=O)[nH]c3c2)CNCCN1. The van der Waals surface area contributed by atoms with Gasteiger partial charge < -0.3 is 15.1 Å². The predicted octanol–water partition coefficient (Wildman–Crippen LogP) is 0.529. The maximum Gasteiger partial charge on any atom is 0.417 e. The fourth-order valence-electron chi connectivity index (χ4n) is 2.33. The van der Waals surface area contributed by atoms with Crippen LogP contribution in [0.2, 0.25) is 0 Å². The molecule has 3 rings (SSSR count). The Bertz CT molecular complexity index is 593. The molecular formula is C12H15N3O2. The zero-order valence-corrected chi connectivity index (χ0v) is 9.67. The van der Waals surface area contributed by atoms with Gasteiger partial charge in [-0.1, -0.05) is 6.07 Å². The van der Waals surface area contributed by atoms with Crippen molar-refractivity contribution in [2.75, 3.05) is 19.6 Å². The predicted molar refractivity (Wildman–Crippen MR) is 65.1 cm³/mol. The summed E-state index contributed by atoms with van der Waals surface area (Å²) in [6, 6.07) is 5.81. The van der Waals surface area contributed by atoms with Gasteiger partial charge in [0, 0.05) is 19.6 Å². The fraction of sp³-hybridized carbons (Fsp3) is 0.417. The Kier molecular flexibility index (Phi) is 2.31. The van der Waals surface area contributed by atoms with Crippen LogP contribution >= 0.6 is 0 Å². The highest BCUT2D eigenvalue weighted by molar-refractivity contribution is 5.73. The molecule has 17 heavy (non-hydrogen) atoms. The van der Waals surface area contributed by atoms with Crippen molar-refractivity contribution in [3.05, 3.63) is 34.3 Å². The first-order valence-corrected chi connectivity index (χ1v) is 5.76. The first-order valence-electron chi connectivity index (χ1n) is 5.76. The Hall–Kier alpha value is -1.59. The summed E-state index contributed by atoms with van der Waals surface area (Å²) in [5.74, 6) is -0.406. The first kappa shape index (κ1) is 10.6. The lowest BCUT2D eigenvalue weighted by atomic mass is 9.90. The molecule has 1 aliphatic heterocycles. The summed E-state index contributed by atoms with van der Waals surface area (Å²) in [6.45, 7) is 4.95. The van der Waals surface area contributed by atoms with Crippen molar-refractivity contribution in [3.63, 3.8) is 0 Å². The zero-order chi connectivity index (χ0) is 11.9. The summed E-state index contributed by atoms with van der Waals surface area (Å²) in [6.07, 6.45) is 0. The molecule has 0 spiro atoms. The summed E-state index contributed by atoms with van der Waals surface area (Å²) in [7, 11) is 0. The molecule has 5 nitrogen and oxygen atoms in total. The van der Waals surface area contributed by atoms with Crippen LogP contribution in [0.1, 0.15) is 12.5 Å². The Labute approximate surface area is 98.2 Å². The molecule has 1 aliphatic rings. The molecule has 0 saturated carbocycles. The lowest BCUT2D eigenvalue weighted by molar-refractivity contribution is 0.303. The molecule has 1 saturated heterocycles. The molecule has 1 atom stereocenters. The lowest BCUT2D eigenvalue weighted by Gasteiger charge is -2.36. The van der Waals surface area contributed by atoms with Crippen LogP contribution in [-0.2, 0) is 5.54 Å². The minimum Gasteiger partial charge on any atom is -0.408 e. The number of hydrogen-bond acceptors (Lipinski definition) is 4. The second-order valence-corrected chi connectivity index (χ2v) is 4.66. The fourth-order valence-corrected chi connectivity index (χ4v) is 2.33. The van der Waals surface area contributed by atoms with E-state index in [1.54, 1.807) is 0 Å². The summed E-state index contributed by atoms with van der Waals surface area (Å²) in [5.41, 5.74) is 2.40. The lowest BCUT2D eigenvalue weighted by Crippen LogP contribution is -2.54. The van der Waals surface area contributed by atoms with Gasteiger partial charge in [-0.2, -0.15) is 0 Å². The third-order valence-electron chi connectivity index (χ3n) is 3.35. The number of rotatable bonds is 1. The van der Waals surface area contributed by atoms with Crippen molar-refractivity contribution in [2.24, 2.45) is 0 Å². The second kappa shape index (κ2) is 3.72. The van der Waals surface area contributed by atoms with Gasteiger partial charge in [-0.15, -0.1) is 0 Å². The van der Waals surface area contributed by atoms with Crippen LogP contribution in [0.25, 0.3) is 11.1 Å². The number of fused-ring (bicyclic) bond motifs is 1. The van der Waals surface area contributed by atoms with Gasteiger partial charge in [0.1, 0.15) is 0 Å². The number of oxazole rings is 1. The molecule has 1 unspecified atom stereocenters. The Morgan fingerprint density at radius 1 is 1.35 bits per heavy atom. The molecule has 5 heteroatoms. The number of hydrogen-bond donors (Lipinski definition) is 3.